The van der Waals surface area contributed by atoms with Crippen LogP contribution in [0.5, 0.6) is 0 Å². The molecule has 1 unspecified atom stereocenters. The summed E-state index contributed by atoms with van der Waals surface area (Å²) in [6.45, 7) is 2.40. The van der Waals surface area contributed by atoms with Crippen molar-refractivity contribution in [1.29, 1.82) is 0 Å². The van der Waals surface area contributed by atoms with E-state index in [9.17, 15) is 9.90 Å². The first kappa shape index (κ1) is 12.8. The van der Waals surface area contributed by atoms with E-state index in [1.165, 1.54) is 0 Å². The third-order valence-electron chi connectivity index (χ3n) is 2.69. The number of aliphatic hydroxyl groups excluding tert-OH is 1. The second-order valence-corrected chi connectivity index (χ2v) is 4.62. The molecule has 4 nitrogen and oxygen atoms in total. The molecule has 1 aromatic carbocycles. The van der Waals surface area contributed by atoms with Crippen LogP contribution in [0.3, 0.4) is 0 Å². The van der Waals surface area contributed by atoms with E-state index < -0.39 is 6.10 Å². The first-order valence-corrected chi connectivity index (χ1v) is 5.94. The van der Waals surface area contributed by atoms with Crippen LogP contribution in [0.1, 0.15) is 17.5 Å². The average molecular weight is 247 g/mol. The first-order valence-electron chi connectivity index (χ1n) is 5.94. The fraction of sp³-hybridized carbons (Fsp3) is 0.357. The van der Waals surface area contributed by atoms with E-state index in [0.29, 0.717) is 12.3 Å². The molecule has 1 heterocycles. The van der Waals surface area contributed by atoms with Crippen molar-refractivity contribution < 1.29 is 14.3 Å². The molecule has 0 aliphatic heterocycles. The van der Waals surface area contributed by atoms with E-state index in [2.05, 4.69) is 0 Å². The number of hydrogen-bond donors (Lipinski definition) is 1. The van der Waals surface area contributed by atoms with Gasteiger partial charge in [0.05, 0.1) is 12.6 Å². The predicted octanol–water partition coefficient (Wildman–Crippen LogP) is 1.93. The van der Waals surface area contributed by atoms with Crippen LogP contribution in [0.15, 0.2) is 34.7 Å². The Balaban J connectivity index is 2.09. The van der Waals surface area contributed by atoms with E-state index in [0.717, 1.165) is 11.0 Å². The molecule has 1 N–H and O–H groups in total. The maximum Gasteiger partial charge on any atom is 0.211 e. The Hall–Kier alpha value is -1.65. The van der Waals surface area contributed by atoms with Crippen LogP contribution < -0.4 is 0 Å². The molecule has 0 aliphatic rings. The molecule has 18 heavy (non-hydrogen) atoms. The molecular weight excluding hydrogens is 230 g/mol. The van der Waals surface area contributed by atoms with E-state index in [1.54, 1.807) is 24.9 Å². The van der Waals surface area contributed by atoms with Gasteiger partial charge in [-0.25, -0.2) is 0 Å². The van der Waals surface area contributed by atoms with Gasteiger partial charge in [0.1, 0.15) is 5.58 Å². The number of hydrogen-bond acceptors (Lipinski definition) is 4. The van der Waals surface area contributed by atoms with Gasteiger partial charge in [-0.15, -0.1) is 0 Å². The summed E-state index contributed by atoms with van der Waals surface area (Å²) in [4.78, 5) is 13.8. The molecule has 0 bridgehead atoms. The minimum Gasteiger partial charge on any atom is -0.453 e. The lowest BCUT2D eigenvalue weighted by molar-refractivity contribution is 0.0877. The molecule has 0 amide bonds. The van der Waals surface area contributed by atoms with Crippen LogP contribution >= 0.6 is 0 Å². The largest absolute Gasteiger partial charge is 0.453 e. The van der Waals surface area contributed by atoms with Gasteiger partial charge in [0.15, 0.2) is 5.76 Å². The summed E-state index contributed by atoms with van der Waals surface area (Å²) < 4.78 is 5.50. The number of rotatable bonds is 5. The van der Waals surface area contributed by atoms with Gasteiger partial charge in [0, 0.05) is 11.9 Å². The van der Waals surface area contributed by atoms with Crippen LogP contribution in [-0.4, -0.2) is 42.0 Å². The normalized spacial score (nSPS) is 13.1. The second-order valence-electron chi connectivity index (χ2n) is 4.62. The minimum atomic E-state index is -0.446. The quantitative estimate of drug-likeness (QED) is 0.820. The maximum absolute atomic E-state index is 12.0. The van der Waals surface area contributed by atoms with Gasteiger partial charge < -0.3 is 9.52 Å². The van der Waals surface area contributed by atoms with Crippen molar-refractivity contribution in [3.05, 3.63) is 36.1 Å². The third kappa shape index (κ3) is 2.97. The lowest BCUT2D eigenvalue weighted by atomic mass is 10.2. The number of para-hydroxylation sites is 1. The summed E-state index contributed by atoms with van der Waals surface area (Å²) >= 11 is 0. The fourth-order valence-electron chi connectivity index (χ4n) is 1.96. The monoisotopic (exact) mass is 247 g/mol. The fourth-order valence-corrected chi connectivity index (χ4v) is 1.96. The Morgan fingerprint density at radius 1 is 1.44 bits per heavy atom. The van der Waals surface area contributed by atoms with Crippen LogP contribution in [0.2, 0.25) is 0 Å². The van der Waals surface area contributed by atoms with Crippen LogP contribution in [-0.2, 0) is 0 Å². The van der Waals surface area contributed by atoms with Crippen LogP contribution in [0.25, 0.3) is 11.0 Å². The van der Waals surface area contributed by atoms with E-state index in [4.69, 9.17) is 4.42 Å². The zero-order valence-electron chi connectivity index (χ0n) is 10.6. The van der Waals surface area contributed by atoms with Crippen molar-refractivity contribution >= 4 is 16.8 Å². The Morgan fingerprint density at radius 3 is 2.83 bits per heavy atom. The van der Waals surface area contributed by atoms with Crippen molar-refractivity contribution in [1.82, 2.24) is 4.90 Å². The van der Waals surface area contributed by atoms with Crippen molar-refractivity contribution in [2.45, 2.75) is 13.0 Å². The molecule has 2 aromatic rings. The van der Waals surface area contributed by atoms with Crippen LogP contribution in [0.4, 0.5) is 0 Å². The smallest absolute Gasteiger partial charge is 0.211 e. The van der Waals surface area contributed by atoms with Gasteiger partial charge >= 0.3 is 0 Å². The predicted molar refractivity (Wildman–Crippen MR) is 69.7 cm³/mol. The number of aliphatic hydroxyl groups is 1. The number of carbonyl (C=O) groups excluding carboxylic acids is 1. The highest BCUT2D eigenvalue weighted by molar-refractivity contribution is 5.98. The van der Waals surface area contributed by atoms with Crippen LogP contribution in [0, 0.1) is 0 Å². The SMILES string of the molecule is CC(O)CN(C)CC(=O)c1cc2ccccc2o1. The lowest BCUT2D eigenvalue weighted by Gasteiger charge is -2.16. The highest BCUT2D eigenvalue weighted by Gasteiger charge is 2.15. The Morgan fingerprint density at radius 2 is 2.17 bits per heavy atom. The summed E-state index contributed by atoms with van der Waals surface area (Å²) in [5, 5.41) is 10.2. The zero-order valence-corrected chi connectivity index (χ0v) is 10.6. The van der Waals surface area contributed by atoms with Gasteiger partial charge in [0.2, 0.25) is 5.78 Å². The Bertz CT molecular complexity index is 512. The number of carbonyl (C=O) groups is 1. The highest BCUT2D eigenvalue weighted by atomic mass is 16.3. The maximum atomic E-state index is 12.0. The molecule has 96 valence electrons. The molecule has 0 spiro atoms. The van der Waals surface area contributed by atoms with Gasteiger partial charge in [-0.05, 0) is 26.1 Å². The molecule has 0 saturated carbocycles. The van der Waals surface area contributed by atoms with Gasteiger partial charge in [-0.1, -0.05) is 18.2 Å². The highest BCUT2D eigenvalue weighted by Crippen LogP contribution is 2.19. The topological polar surface area (TPSA) is 53.7 Å². The number of nitrogens with zero attached hydrogens (tertiary/aromatic N) is 1. The number of Topliss-reactive ketones (excluding diaryl/α,β-unsaturated/α-hetero) is 1. The molecule has 1 aromatic heterocycles. The minimum absolute atomic E-state index is 0.0747. The van der Waals surface area contributed by atoms with Crippen molar-refractivity contribution in [3.63, 3.8) is 0 Å². The number of benzene rings is 1. The van der Waals surface area contributed by atoms with Gasteiger partial charge in [-0.2, -0.15) is 0 Å². The van der Waals surface area contributed by atoms with E-state index >= 15 is 0 Å². The lowest BCUT2D eigenvalue weighted by Crippen LogP contribution is -2.31. The summed E-state index contributed by atoms with van der Waals surface area (Å²) in [7, 11) is 1.80. The first-order chi connectivity index (χ1) is 8.56. The Kier molecular flexibility index (Phi) is 3.79. The van der Waals surface area contributed by atoms with E-state index in [1.807, 2.05) is 24.3 Å². The zero-order chi connectivity index (χ0) is 13.1. The molecule has 2 rings (SSSR count). The summed E-state index contributed by atoms with van der Waals surface area (Å²) in [6, 6.07) is 9.29. The van der Waals surface area contributed by atoms with Crippen molar-refractivity contribution in [2.75, 3.05) is 20.1 Å². The number of furan rings is 1. The van der Waals surface area contributed by atoms with Crippen molar-refractivity contribution in [3.8, 4) is 0 Å². The molecule has 0 aliphatic carbocycles. The summed E-state index contributed by atoms with van der Waals surface area (Å²) in [6.07, 6.45) is -0.446. The van der Waals surface area contributed by atoms with Crippen molar-refractivity contribution in [2.24, 2.45) is 0 Å². The van der Waals surface area contributed by atoms with Gasteiger partial charge in [-0.3, -0.25) is 9.69 Å². The summed E-state index contributed by atoms with van der Waals surface area (Å²) in [5.41, 5.74) is 0.721. The molecule has 0 saturated heterocycles. The number of likely N-dealkylation sites (N-methyl/N-ethyl adjacent to an activating group) is 1. The Labute approximate surface area is 106 Å². The van der Waals surface area contributed by atoms with E-state index in [-0.39, 0.29) is 12.3 Å². The summed E-state index contributed by atoms with van der Waals surface area (Å²) in [5.74, 6) is 0.294. The molecule has 1 atom stereocenters. The molecular formula is C14H17NO3. The molecule has 0 radical (unpaired) electrons. The van der Waals surface area contributed by atoms with Gasteiger partial charge in [0.25, 0.3) is 0 Å². The standard InChI is InChI=1S/C14H17NO3/c1-10(16)8-15(2)9-12(17)14-7-11-5-3-4-6-13(11)18-14/h3-7,10,16H,8-9H2,1-2H3. The third-order valence-corrected chi connectivity index (χ3v) is 2.69. The average Bonchev–Trinajstić information content (AvgIpc) is 2.71. The number of ketones is 1. The molecule has 4 heteroatoms. The second kappa shape index (κ2) is 5.33. The number of fused-ring (bicyclic) bond motifs is 1. The molecule has 0 fully saturated rings.